The highest BCUT2D eigenvalue weighted by Crippen LogP contribution is 2.08. The highest BCUT2D eigenvalue weighted by atomic mass is 16.2. The molecule has 4 amide bonds. The summed E-state index contributed by atoms with van der Waals surface area (Å²) in [6, 6.07) is -1.40. The lowest BCUT2D eigenvalue weighted by atomic mass is 10.0. The van der Waals surface area contributed by atoms with Gasteiger partial charge in [0.1, 0.15) is 12.1 Å². The predicted molar refractivity (Wildman–Crippen MR) is 88.9 cm³/mol. The largest absolute Gasteiger partial charge is 0.356 e. The first-order valence-electron chi connectivity index (χ1n) is 8.62. The number of piperazine rings is 1. The van der Waals surface area contributed by atoms with Crippen LogP contribution in [0.1, 0.15) is 52.4 Å². The Morgan fingerprint density at radius 2 is 1.21 bits per heavy atom. The Balaban J connectivity index is 2.35. The van der Waals surface area contributed by atoms with Crippen molar-refractivity contribution in [3.05, 3.63) is 0 Å². The normalized spacial score (nSPS) is 20.1. The van der Waals surface area contributed by atoms with E-state index in [0.717, 1.165) is 12.8 Å². The van der Waals surface area contributed by atoms with E-state index in [4.69, 9.17) is 0 Å². The summed E-state index contributed by atoms with van der Waals surface area (Å²) >= 11 is 0. The van der Waals surface area contributed by atoms with Crippen molar-refractivity contribution in [2.75, 3.05) is 13.1 Å². The van der Waals surface area contributed by atoms with Crippen LogP contribution in [-0.4, -0.2) is 48.8 Å². The van der Waals surface area contributed by atoms with E-state index in [-0.39, 0.29) is 49.3 Å². The molecule has 0 bridgehead atoms. The van der Waals surface area contributed by atoms with Crippen LogP contribution in [-0.2, 0) is 19.2 Å². The minimum Gasteiger partial charge on any atom is -0.356 e. The molecule has 8 heteroatoms. The maximum Gasteiger partial charge on any atom is 0.243 e. The summed E-state index contributed by atoms with van der Waals surface area (Å²) in [6.07, 6.45) is 2.58. The van der Waals surface area contributed by atoms with Crippen LogP contribution in [0.5, 0.6) is 0 Å². The molecule has 2 atom stereocenters. The maximum atomic E-state index is 12.0. The predicted octanol–water partition coefficient (Wildman–Crippen LogP) is -0.418. The van der Waals surface area contributed by atoms with Crippen molar-refractivity contribution in [1.29, 1.82) is 0 Å². The standard InChI is InChI=1S/C16H28N4O4/c1-3-9-17-13(21)7-5-11-15(23)20-12(16(24)19-11)6-8-14(22)18-10-4-2/h11-12H,3-10H2,1-2H3,(H,17,21)(H,18,22)(H,19,24)(H,20,23)/t11-,12-/m0/s1. The number of hydrogen-bond acceptors (Lipinski definition) is 4. The molecule has 0 aromatic heterocycles. The zero-order valence-corrected chi connectivity index (χ0v) is 14.4. The zero-order valence-electron chi connectivity index (χ0n) is 14.4. The SMILES string of the molecule is CCCNC(=O)CC[C@@H]1NC(=O)[C@H](CCC(=O)NCCC)NC1=O. The number of hydrogen-bond donors (Lipinski definition) is 4. The summed E-state index contributed by atoms with van der Waals surface area (Å²) in [5, 5.41) is 10.7. The maximum absolute atomic E-state index is 12.0. The second-order valence-electron chi connectivity index (χ2n) is 5.90. The van der Waals surface area contributed by atoms with E-state index in [9.17, 15) is 19.2 Å². The summed E-state index contributed by atoms with van der Waals surface area (Å²) < 4.78 is 0. The van der Waals surface area contributed by atoms with Crippen LogP contribution in [0.4, 0.5) is 0 Å². The molecule has 8 nitrogen and oxygen atoms in total. The van der Waals surface area contributed by atoms with Gasteiger partial charge in [0.25, 0.3) is 0 Å². The Bertz CT molecular complexity index is 425. The summed E-state index contributed by atoms with van der Waals surface area (Å²) in [5.74, 6) is -0.879. The fraction of sp³-hybridized carbons (Fsp3) is 0.750. The van der Waals surface area contributed by atoms with Gasteiger partial charge in [0.2, 0.25) is 23.6 Å². The van der Waals surface area contributed by atoms with Crippen LogP contribution in [0.15, 0.2) is 0 Å². The Labute approximate surface area is 142 Å². The highest BCUT2D eigenvalue weighted by molar-refractivity contribution is 5.97. The van der Waals surface area contributed by atoms with Crippen LogP contribution < -0.4 is 21.3 Å². The van der Waals surface area contributed by atoms with E-state index in [0.29, 0.717) is 13.1 Å². The van der Waals surface area contributed by atoms with E-state index in [1.165, 1.54) is 0 Å². The first-order chi connectivity index (χ1) is 11.5. The third kappa shape index (κ3) is 6.97. The van der Waals surface area contributed by atoms with Crippen molar-refractivity contribution in [3.63, 3.8) is 0 Å². The molecule has 0 saturated carbocycles. The molecule has 136 valence electrons. The molecule has 0 aromatic rings. The van der Waals surface area contributed by atoms with Gasteiger partial charge in [-0.3, -0.25) is 19.2 Å². The Morgan fingerprint density at radius 3 is 1.54 bits per heavy atom. The quantitative estimate of drug-likeness (QED) is 0.432. The van der Waals surface area contributed by atoms with Gasteiger partial charge in [-0.05, 0) is 25.7 Å². The van der Waals surface area contributed by atoms with Crippen molar-refractivity contribution < 1.29 is 19.2 Å². The lowest BCUT2D eigenvalue weighted by Gasteiger charge is -2.29. The van der Waals surface area contributed by atoms with Gasteiger partial charge in [0.05, 0.1) is 0 Å². The molecular formula is C16H28N4O4. The summed E-state index contributed by atoms with van der Waals surface area (Å²) in [7, 11) is 0. The van der Waals surface area contributed by atoms with Crippen molar-refractivity contribution >= 4 is 23.6 Å². The Kier molecular flexibility index (Phi) is 8.81. The van der Waals surface area contributed by atoms with Crippen molar-refractivity contribution in [2.45, 2.75) is 64.5 Å². The van der Waals surface area contributed by atoms with Gasteiger partial charge in [-0.2, -0.15) is 0 Å². The highest BCUT2D eigenvalue weighted by Gasteiger charge is 2.33. The van der Waals surface area contributed by atoms with Crippen LogP contribution in [0.2, 0.25) is 0 Å². The third-order valence-electron chi connectivity index (χ3n) is 3.73. The fourth-order valence-electron chi connectivity index (χ4n) is 2.34. The topological polar surface area (TPSA) is 116 Å². The van der Waals surface area contributed by atoms with E-state index in [2.05, 4.69) is 21.3 Å². The van der Waals surface area contributed by atoms with Crippen LogP contribution in [0.25, 0.3) is 0 Å². The molecule has 0 radical (unpaired) electrons. The molecule has 1 heterocycles. The number of nitrogens with one attached hydrogen (secondary N) is 4. The average molecular weight is 340 g/mol. The molecule has 0 unspecified atom stereocenters. The molecule has 1 fully saturated rings. The minimum absolute atomic E-state index is 0.131. The summed E-state index contributed by atoms with van der Waals surface area (Å²) in [4.78, 5) is 47.2. The molecule has 0 spiro atoms. The Hall–Kier alpha value is -2.12. The Morgan fingerprint density at radius 1 is 0.833 bits per heavy atom. The van der Waals surface area contributed by atoms with Gasteiger partial charge in [-0.1, -0.05) is 13.8 Å². The third-order valence-corrected chi connectivity index (χ3v) is 3.73. The molecule has 4 N–H and O–H groups in total. The smallest absolute Gasteiger partial charge is 0.243 e. The number of amides is 4. The number of carbonyl (C=O) groups is 4. The number of carbonyl (C=O) groups excluding carboxylic acids is 4. The van der Waals surface area contributed by atoms with Crippen LogP contribution >= 0.6 is 0 Å². The summed E-state index contributed by atoms with van der Waals surface area (Å²) in [5.41, 5.74) is 0. The van der Waals surface area contributed by atoms with Gasteiger partial charge in [0.15, 0.2) is 0 Å². The van der Waals surface area contributed by atoms with E-state index >= 15 is 0 Å². The van der Waals surface area contributed by atoms with Gasteiger partial charge in [-0.15, -0.1) is 0 Å². The van der Waals surface area contributed by atoms with Gasteiger partial charge < -0.3 is 21.3 Å². The second kappa shape index (κ2) is 10.6. The van der Waals surface area contributed by atoms with Crippen molar-refractivity contribution in [2.24, 2.45) is 0 Å². The van der Waals surface area contributed by atoms with Crippen molar-refractivity contribution in [1.82, 2.24) is 21.3 Å². The molecular weight excluding hydrogens is 312 g/mol. The molecule has 1 saturated heterocycles. The number of rotatable bonds is 10. The van der Waals surface area contributed by atoms with E-state index in [1.54, 1.807) is 0 Å². The van der Waals surface area contributed by atoms with Gasteiger partial charge in [0, 0.05) is 25.9 Å². The monoisotopic (exact) mass is 340 g/mol. The lowest BCUT2D eigenvalue weighted by Crippen LogP contribution is -2.61. The van der Waals surface area contributed by atoms with Gasteiger partial charge >= 0.3 is 0 Å². The average Bonchev–Trinajstić information content (AvgIpc) is 2.57. The molecule has 1 rings (SSSR count). The van der Waals surface area contributed by atoms with Crippen LogP contribution in [0.3, 0.4) is 0 Å². The first-order valence-corrected chi connectivity index (χ1v) is 8.62. The van der Waals surface area contributed by atoms with Crippen molar-refractivity contribution in [3.8, 4) is 0 Å². The molecule has 0 aromatic carbocycles. The molecule has 24 heavy (non-hydrogen) atoms. The first kappa shape index (κ1) is 19.9. The second-order valence-corrected chi connectivity index (χ2v) is 5.90. The molecule has 0 aliphatic carbocycles. The minimum atomic E-state index is -0.699. The van der Waals surface area contributed by atoms with E-state index < -0.39 is 12.1 Å². The van der Waals surface area contributed by atoms with E-state index in [1.807, 2.05) is 13.8 Å². The molecule has 1 aliphatic heterocycles. The summed E-state index contributed by atoms with van der Waals surface area (Å²) in [6.45, 7) is 5.12. The zero-order chi connectivity index (χ0) is 17.9. The van der Waals surface area contributed by atoms with Gasteiger partial charge in [-0.25, -0.2) is 0 Å². The van der Waals surface area contributed by atoms with Crippen LogP contribution in [0, 0.1) is 0 Å². The fourth-order valence-corrected chi connectivity index (χ4v) is 2.34. The lowest BCUT2D eigenvalue weighted by molar-refractivity contribution is -0.137. The molecule has 1 aliphatic rings.